The lowest BCUT2D eigenvalue weighted by molar-refractivity contribution is -0.137. The van der Waals surface area contributed by atoms with E-state index in [1.165, 1.54) is 6.08 Å². The van der Waals surface area contributed by atoms with Crippen molar-refractivity contribution in [1.82, 2.24) is 0 Å². The molecule has 0 aromatic carbocycles. The van der Waals surface area contributed by atoms with Gasteiger partial charge in [-0.3, -0.25) is 0 Å². The fraction of sp³-hybridized carbons (Fsp3) is 0.700. The molecule has 0 heterocycles. The van der Waals surface area contributed by atoms with Gasteiger partial charge in [-0.25, -0.2) is 4.79 Å². The van der Waals surface area contributed by atoms with Crippen molar-refractivity contribution in [2.24, 2.45) is 0 Å². The maximum atomic E-state index is 10.8. The Morgan fingerprint density at radius 1 is 1.50 bits per heavy atom. The van der Waals surface area contributed by atoms with Gasteiger partial charge in [-0.15, -0.1) is 0 Å². The molecule has 0 aromatic heterocycles. The highest BCUT2D eigenvalue weighted by molar-refractivity contribution is 6.71. The Kier molecular flexibility index (Phi) is 5.72. The predicted octanol–water partition coefficient (Wildman–Crippen LogP) is 2.35. The van der Waals surface area contributed by atoms with E-state index in [-0.39, 0.29) is 12.1 Å². The topological polar surface area (TPSA) is 35.5 Å². The summed E-state index contributed by atoms with van der Waals surface area (Å²) in [6.07, 6.45) is 1.42. The van der Waals surface area contributed by atoms with Crippen LogP contribution in [-0.4, -0.2) is 27.0 Å². The molecule has 3 nitrogen and oxygen atoms in total. The van der Waals surface area contributed by atoms with Crippen molar-refractivity contribution in [3.63, 3.8) is 0 Å². The van der Waals surface area contributed by atoms with Crippen LogP contribution in [0.5, 0.6) is 0 Å². The lowest BCUT2D eigenvalue weighted by Crippen LogP contribution is -2.34. The third kappa shape index (κ3) is 6.86. The molecule has 0 unspecified atom stereocenters. The fourth-order valence-electron chi connectivity index (χ4n) is 1.15. The highest BCUT2D eigenvalue weighted by Crippen LogP contribution is 2.13. The Balaban J connectivity index is 3.75. The van der Waals surface area contributed by atoms with Crippen molar-refractivity contribution in [1.29, 1.82) is 0 Å². The molecule has 0 aliphatic heterocycles. The number of esters is 1. The van der Waals surface area contributed by atoms with Gasteiger partial charge in [-0.05, 0) is 26.9 Å². The summed E-state index contributed by atoms with van der Waals surface area (Å²) in [7, 11) is -1.66. The van der Waals surface area contributed by atoms with Crippen LogP contribution in [0, 0.1) is 0 Å². The molecule has 0 bridgehead atoms. The maximum absolute atomic E-state index is 10.8. The summed E-state index contributed by atoms with van der Waals surface area (Å²) in [6, 6.07) is 0.824. The quantitative estimate of drug-likeness (QED) is 0.388. The molecule has 0 atom stereocenters. The van der Waals surface area contributed by atoms with E-state index in [2.05, 4.69) is 19.7 Å². The van der Waals surface area contributed by atoms with E-state index < -0.39 is 8.32 Å². The van der Waals surface area contributed by atoms with Crippen LogP contribution in [0.4, 0.5) is 0 Å². The first kappa shape index (κ1) is 13.4. The Morgan fingerprint density at radius 2 is 2.07 bits per heavy atom. The van der Waals surface area contributed by atoms with Crippen molar-refractivity contribution < 1.29 is 14.0 Å². The molecular weight excluding hydrogens is 196 g/mol. The normalized spacial score (nSPS) is 11.5. The lowest BCUT2D eigenvalue weighted by atomic mass is 10.5. The van der Waals surface area contributed by atoms with Crippen LogP contribution in [-0.2, 0) is 14.0 Å². The van der Waals surface area contributed by atoms with E-state index in [1.807, 2.05) is 13.8 Å². The Hall–Kier alpha value is -0.613. The molecule has 0 spiro atoms. The van der Waals surface area contributed by atoms with Gasteiger partial charge in [0.25, 0.3) is 0 Å². The largest absolute Gasteiger partial charge is 0.463 e. The van der Waals surface area contributed by atoms with Crippen LogP contribution in [0.15, 0.2) is 12.7 Å². The fourth-order valence-corrected chi connectivity index (χ4v) is 3.14. The van der Waals surface area contributed by atoms with Crippen LogP contribution in [0.3, 0.4) is 0 Å². The second kappa shape index (κ2) is 5.98. The van der Waals surface area contributed by atoms with Gasteiger partial charge in [-0.2, -0.15) is 0 Å². The third-order valence-electron chi connectivity index (χ3n) is 1.67. The summed E-state index contributed by atoms with van der Waals surface area (Å²) < 4.78 is 10.7. The molecule has 0 saturated heterocycles. The van der Waals surface area contributed by atoms with Crippen molar-refractivity contribution in [2.45, 2.75) is 39.1 Å². The number of carbonyl (C=O) groups is 1. The summed E-state index contributed by atoms with van der Waals surface area (Å²) in [5.41, 5.74) is 0. The number of ether oxygens (including phenoxy) is 1. The van der Waals surface area contributed by atoms with E-state index in [4.69, 9.17) is 9.16 Å². The van der Waals surface area contributed by atoms with Gasteiger partial charge in [0.05, 0.1) is 6.61 Å². The van der Waals surface area contributed by atoms with Crippen molar-refractivity contribution in [3.05, 3.63) is 12.7 Å². The van der Waals surface area contributed by atoms with Crippen LogP contribution < -0.4 is 0 Å². The minimum atomic E-state index is -1.66. The van der Waals surface area contributed by atoms with Gasteiger partial charge < -0.3 is 9.16 Å². The molecule has 0 amide bonds. The zero-order valence-corrected chi connectivity index (χ0v) is 10.5. The molecule has 0 saturated carbocycles. The molecule has 0 aromatic rings. The SMILES string of the molecule is C=CC(=O)OCC[Si](C)(C)OC(C)C. The van der Waals surface area contributed by atoms with Gasteiger partial charge >= 0.3 is 5.97 Å². The minimum Gasteiger partial charge on any atom is -0.463 e. The highest BCUT2D eigenvalue weighted by atomic mass is 28.4. The third-order valence-corrected chi connectivity index (χ3v) is 4.19. The zero-order valence-electron chi connectivity index (χ0n) is 9.50. The summed E-state index contributed by atoms with van der Waals surface area (Å²) >= 11 is 0. The van der Waals surface area contributed by atoms with E-state index >= 15 is 0 Å². The van der Waals surface area contributed by atoms with Gasteiger partial charge in [0.2, 0.25) is 0 Å². The first-order valence-corrected chi connectivity index (χ1v) is 7.96. The summed E-state index contributed by atoms with van der Waals surface area (Å²) in [4.78, 5) is 10.8. The van der Waals surface area contributed by atoms with E-state index in [0.717, 1.165) is 6.04 Å². The standard InChI is InChI=1S/C10H20O3Si/c1-6-10(11)12-7-8-14(4,5)13-9(2)3/h6,9H,1,7-8H2,2-5H3. The molecule has 0 aliphatic rings. The van der Waals surface area contributed by atoms with Crippen LogP contribution in [0.1, 0.15) is 13.8 Å². The molecule has 0 rings (SSSR count). The monoisotopic (exact) mass is 216 g/mol. The summed E-state index contributed by atoms with van der Waals surface area (Å²) in [5.74, 6) is -0.362. The molecule has 0 N–H and O–H groups in total. The first-order valence-electron chi connectivity index (χ1n) is 4.84. The predicted molar refractivity (Wildman–Crippen MR) is 59.7 cm³/mol. The van der Waals surface area contributed by atoms with E-state index in [0.29, 0.717) is 6.61 Å². The van der Waals surface area contributed by atoms with E-state index in [1.54, 1.807) is 0 Å². The molecule has 14 heavy (non-hydrogen) atoms. The second-order valence-corrected chi connectivity index (χ2v) is 8.30. The minimum absolute atomic E-state index is 0.242. The lowest BCUT2D eigenvalue weighted by Gasteiger charge is -2.25. The molecule has 0 radical (unpaired) electrons. The van der Waals surface area contributed by atoms with E-state index in [9.17, 15) is 4.79 Å². The number of hydrogen-bond donors (Lipinski definition) is 0. The summed E-state index contributed by atoms with van der Waals surface area (Å²) in [6.45, 7) is 12.0. The average molecular weight is 216 g/mol. The first-order chi connectivity index (χ1) is 6.37. The maximum Gasteiger partial charge on any atom is 0.330 e. The van der Waals surface area contributed by atoms with Gasteiger partial charge in [0.15, 0.2) is 8.32 Å². The van der Waals surface area contributed by atoms with Gasteiger partial charge in [-0.1, -0.05) is 6.58 Å². The van der Waals surface area contributed by atoms with Gasteiger partial charge in [0.1, 0.15) is 0 Å². The highest BCUT2D eigenvalue weighted by Gasteiger charge is 2.23. The number of hydrogen-bond acceptors (Lipinski definition) is 3. The second-order valence-electron chi connectivity index (χ2n) is 4.05. The molecule has 0 fully saturated rings. The van der Waals surface area contributed by atoms with Crippen LogP contribution in [0.25, 0.3) is 0 Å². The molecule has 0 aliphatic carbocycles. The number of carbonyl (C=O) groups excluding carboxylic acids is 1. The smallest absolute Gasteiger partial charge is 0.330 e. The molecular formula is C10H20O3Si. The van der Waals surface area contributed by atoms with Crippen molar-refractivity contribution in [2.75, 3.05) is 6.61 Å². The average Bonchev–Trinajstić information content (AvgIpc) is 2.01. The Morgan fingerprint density at radius 3 is 2.50 bits per heavy atom. The Bertz CT molecular complexity index is 200. The van der Waals surface area contributed by atoms with Crippen molar-refractivity contribution in [3.8, 4) is 0 Å². The Labute approximate surface area is 87.2 Å². The van der Waals surface area contributed by atoms with Gasteiger partial charge in [0, 0.05) is 18.2 Å². The molecule has 82 valence electrons. The van der Waals surface area contributed by atoms with Crippen LogP contribution >= 0.6 is 0 Å². The zero-order chi connectivity index (χ0) is 11.2. The molecule has 4 heteroatoms. The van der Waals surface area contributed by atoms with Crippen LogP contribution in [0.2, 0.25) is 19.1 Å². The van der Waals surface area contributed by atoms with Crippen molar-refractivity contribution >= 4 is 14.3 Å². The number of rotatable bonds is 6. The summed E-state index contributed by atoms with van der Waals surface area (Å²) in [5, 5.41) is 0.